The second kappa shape index (κ2) is 11.8. The normalized spacial score (nSPS) is 47.5. The molecule has 5 aliphatic carbocycles. The van der Waals surface area contributed by atoms with Crippen LogP contribution in [0.3, 0.4) is 0 Å². The van der Waals surface area contributed by atoms with Gasteiger partial charge >= 0.3 is 11.9 Å². The Balaban J connectivity index is 1.24. The van der Waals surface area contributed by atoms with Crippen molar-refractivity contribution in [1.29, 1.82) is 0 Å². The molecule has 7 bridgehead atoms. The number of rotatable bonds is 9. The fourth-order valence-corrected chi connectivity index (χ4v) is 13.4. The van der Waals surface area contributed by atoms with Crippen molar-refractivity contribution in [2.75, 3.05) is 45.9 Å². The van der Waals surface area contributed by atoms with Crippen LogP contribution in [0, 0.1) is 40.4 Å². The molecule has 5 saturated carbocycles. The van der Waals surface area contributed by atoms with E-state index >= 15 is 0 Å². The van der Waals surface area contributed by atoms with Gasteiger partial charge in [0.05, 0.1) is 53.5 Å². The molecule has 13 nitrogen and oxygen atoms in total. The van der Waals surface area contributed by atoms with Gasteiger partial charge in [-0.05, 0) is 44.2 Å². The molecule has 51 heavy (non-hydrogen) atoms. The van der Waals surface area contributed by atoms with Gasteiger partial charge in [-0.15, -0.1) is 0 Å². The Kier molecular flexibility index (Phi) is 8.11. The van der Waals surface area contributed by atoms with Crippen molar-refractivity contribution >= 4 is 29.4 Å². The molecule has 2 amide bonds. The summed E-state index contributed by atoms with van der Waals surface area (Å²) in [5.74, 6) is -3.65. The summed E-state index contributed by atoms with van der Waals surface area (Å²) in [6, 6.07) is 6.05. The molecule has 1 spiro atoms. The number of carbonyl (C=O) groups is 4. The van der Waals surface area contributed by atoms with E-state index in [4.69, 9.17) is 23.7 Å². The Morgan fingerprint density at radius 3 is 2.45 bits per heavy atom. The van der Waals surface area contributed by atoms with Gasteiger partial charge in [-0.1, -0.05) is 19.1 Å². The molecule has 8 rings (SSSR count). The van der Waals surface area contributed by atoms with Gasteiger partial charge in [-0.3, -0.25) is 14.4 Å². The minimum Gasteiger partial charge on any atom is -0.462 e. The highest BCUT2D eigenvalue weighted by Crippen LogP contribution is 2.78. The molecule has 1 aromatic rings. The number of aliphatic hydroxyl groups is 2. The highest BCUT2D eigenvalue weighted by molar-refractivity contribution is 6.22. The van der Waals surface area contributed by atoms with Crippen molar-refractivity contribution in [2.24, 2.45) is 40.4 Å². The first-order chi connectivity index (χ1) is 24.3. The van der Waals surface area contributed by atoms with Crippen LogP contribution in [-0.2, 0) is 38.1 Å². The van der Waals surface area contributed by atoms with Crippen LogP contribution in [0.2, 0.25) is 0 Å². The van der Waals surface area contributed by atoms with E-state index in [1.807, 2.05) is 0 Å². The Labute approximate surface area is 297 Å². The summed E-state index contributed by atoms with van der Waals surface area (Å²) in [6.45, 7) is 6.33. The van der Waals surface area contributed by atoms with Crippen molar-refractivity contribution in [1.82, 2.24) is 0 Å². The third-order valence-electron chi connectivity index (χ3n) is 14.8. The van der Waals surface area contributed by atoms with Gasteiger partial charge in [0.1, 0.15) is 24.4 Å². The summed E-state index contributed by atoms with van der Waals surface area (Å²) in [5.41, 5.74) is -4.58. The number of anilines is 1. The summed E-state index contributed by atoms with van der Waals surface area (Å²) in [7, 11) is 4.88. The molecule has 0 aromatic heterocycles. The Hall–Kier alpha value is -2.94. The number of ether oxygens (including phenoxy) is 5. The summed E-state index contributed by atoms with van der Waals surface area (Å²) >= 11 is 0. The van der Waals surface area contributed by atoms with Gasteiger partial charge in [-0.2, -0.15) is 0 Å². The van der Waals surface area contributed by atoms with E-state index in [1.165, 1.54) is 6.92 Å². The average molecular weight is 712 g/mol. The first-order valence-electron chi connectivity index (χ1n) is 18.5. The lowest BCUT2D eigenvalue weighted by Gasteiger charge is -2.67. The number of likely N-dealkylation sites (N-methyl/N-ethyl adjacent to an activating group) is 1. The van der Waals surface area contributed by atoms with E-state index in [-0.39, 0.29) is 66.4 Å². The zero-order chi connectivity index (χ0) is 36.4. The molecular formula is C38H51N2O11+. The van der Waals surface area contributed by atoms with Crippen LogP contribution < -0.4 is 9.80 Å². The predicted octanol–water partition coefficient (Wildman–Crippen LogP) is 0.535. The molecule has 2 aliphatic heterocycles. The van der Waals surface area contributed by atoms with E-state index in [0.29, 0.717) is 32.4 Å². The Morgan fingerprint density at radius 1 is 1.08 bits per heavy atom. The van der Waals surface area contributed by atoms with E-state index in [2.05, 4.69) is 6.92 Å². The van der Waals surface area contributed by atoms with Crippen LogP contribution in [0.5, 0.6) is 0 Å². The molecule has 15 atom stereocenters. The smallest absolute Gasteiger partial charge is 0.340 e. The Bertz CT molecular complexity index is 1650. The number of nitrogens with zero attached hydrogens (tertiary/aromatic N) is 1. The lowest BCUT2D eigenvalue weighted by Crippen LogP contribution is -3.23. The van der Waals surface area contributed by atoms with Crippen molar-refractivity contribution in [3.63, 3.8) is 0 Å². The van der Waals surface area contributed by atoms with Crippen molar-refractivity contribution in [2.45, 2.75) is 94.5 Å². The number of para-hydroxylation sites is 1. The number of piperidine rings is 1. The van der Waals surface area contributed by atoms with Crippen molar-refractivity contribution in [3.05, 3.63) is 29.8 Å². The number of benzene rings is 1. The van der Waals surface area contributed by atoms with Crippen LogP contribution in [0.15, 0.2) is 24.3 Å². The fraction of sp³-hybridized carbons (Fsp3) is 0.737. The van der Waals surface area contributed by atoms with Crippen molar-refractivity contribution in [3.8, 4) is 0 Å². The standard InChI is InChI=1S/C38H50N2O11/c1-7-39-17-35(18-50-33(44)21-10-8-9-11-24(21)40-27(42)14-19(2)32(40)43)13-12-26(48-5)37-23-15-22-25(47-4)16-36(45,28(23)29(22)51-20(3)41)38(46,34(37)39)31(49-6)30(35)37/h8-11,19,22-23,25-26,28-31,34,45-46H,7,12-18H2,1-6H3/p+1/t19?,22-,23-,25+,26+,28-,29+,30-,31+,34+,35+,36-,37?,38+/m1/s1. The first-order valence-corrected chi connectivity index (χ1v) is 18.5. The maximum Gasteiger partial charge on any atom is 0.340 e. The van der Waals surface area contributed by atoms with Crippen molar-refractivity contribution < 1.29 is 58.0 Å². The average Bonchev–Trinajstić information content (AvgIpc) is 3.61. The molecule has 278 valence electrons. The molecule has 1 aromatic carbocycles. The minimum atomic E-state index is -1.78. The van der Waals surface area contributed by atoms with Gasteiger partial charge < -0.3 is 38.8 Å². The van der Waals surface area contributed by atoms with Gasteiger partial charge in [-0.25, -0.2) is 9.69 Å². The molecule has 3 N–H and O–H groups in total. The van der Waals surface area contributed by atoms with Gasteiger partial charge in [0.15, 0.2) is 5.60 Å². The molecule has 2 heterocycles. The number of carbonyl (C=O) groups excluding carboxylic acids is 4. The largest absolute Gasteiger partial charge is 0.462 e. The molecule has 13 heteroatoms. The number of nitrogens with one attached hydrogen (secondary N) is 1. The molecule has 7 aliphatic rings. The van der Waals surface area contributed by atoms with E-state index < -0.39 is 70.2 Å². The molecule has 2 saturated heterocycles. The summed E-state index contributed by atoms with van der Waals surface area (Å²) in [6.07, 6.45) is -0.179. The van der Waals surface area contributed by atoms with Gasteiger partial charge in [0, 0.05) is 64.8 Å². The monoisotopic (exact) mass is 711 g/mol. The van der Waals surface area contributed by atoms with Crippen LogP contribution in [0.25, 0.3) is 0 Å². The predicted molar refractivity (Wildman–Crippen MR) is 178 cm³/mol. The third kappa shape index (κ3) is 4.19. The highest BCUT2D eigenvalue weighted by Gasteiger charge is 2.94. The molecule has 0 radical (unpaired) electrons. The van der Waals surface area contributed by atoms with Crippen LogP contribution in [-0.4, -0.2) is 117 Å². The van der Waals surface area contributed by atoms with Gasteiger partial charge in [0.25, 0.3) is 0 Å². The fourth-order valence-electron chi connectivity index (χ4n) is 13.4. The first kappa shape index (κ1) is 35.1. The Morgan fingerprint density at radius 2 is 1.82 bits per heavy atom. The summed E-state index contributed by atoms with van der Waals surface area (Å²) < 4.78 is 31.2. The molecule has 7 fully saturated rings. The number of fused-ring (bicyclic) bond motifs is 2. The van der Waals surface area contributed by atoms with E-state index in [1.54, 1.807) is 52.5 Å². The summed E-state index contributed by atoms with van der Waals surface area (Å²) in [5, 5.41) is 26.7. The lowest BCUT2D eigenvalue weighted by molar-refractivity contribution is -0.956. The molecule has 3 unspecified atom stereocenters. The third-order valence-corrected chi connectivity index (χ3v) is 14.8. The van der Waals surface area contributed by atoms with E-state index in [9.17, 15) is 29.4 Å². The number of likely N-dealkylation sites (tertiary alicyclic amines) is 1. The van der Waals surface area contributed by atoms with E-state index in [0.717, 1.165) is 9.80 Å². The number of methoxy groups -OCH3 is 3. The SMILES string of the molecule is CC[NH+]1C[C@]2(COC(=O)c3ccccc3N3C(=O)CC(C)C3=O)CC[C@H](OC)C34[C@@H]5C[C@H]6[C@H](OC(C)=O)[C@@H]5[C@](O)(C[C@@H]6OC)[C@](O)([C@@H](OC)[C@@H]32)[C@@H]14. The van der Waals surface area contributed by atoms with Crippen LogP contribution >= 0.6 is 0 Å². The topological polar surface area (TPSA) is 163 Å². The maximum absolute atomic E-state index is 14.1. The van der Waals surface area contributed by atoms with Crippen LogP contribution in [0.1, 0.15) is 63.2 Å². The quantitative estimate of drug-likeness (QED) is 0.242. The maximum atomic E-state index is 14.1. The van der Waals surface area contributed by atoms with Crippen LogP contribution in [0.4, 0.5) is 5.69 Å². The number of imide groups is 1. The minimum absolute atomic E-state index is 0.000782. The number of amides is 2. The number of hydrogen-bond acceptors (Lipinski definition) is 11. The lowest BCUT2D eigenvalue weighted by atomic mass is 9.42. The summed E-state index contributed by atoms with van der Waals surface area (Å²) in [4.78, 5) is 54.7. The zero-order valence-corrected chi connectivity index (χ0v) is 30.3. The number of hydrogen-bond donors (Lipinski definition) is 3. The number of quaternary nitrogens is 1. The van der Waals surface area contributed by atoms with Gasteiger partial charge in [0.2, 0.25) is 11.8 Å². The number of esters is 2. The second-order valence-corrected chi connectivity index (χ2v) is 16.5. The molecular weight excluding hydrogens is 660 g/mol. The second-order valence-electron chi connectivity index (χ2n) is 16.5. The highest BCUT2D eigenvalue weighted by atomic mass is 16.6. The zero-order valence-electron chi connectivity index (χ0n) is 30.3.